The van der Waals surface area contributed by atoms with Crippen LogP contribution >= 0.6 is 0 Å². The number of ether oxygens (including phenoxy) is 2. The summed E-state index contributed by atoms with van der Waals surface area (Å²) < 4.78 is 11.6. The normalized spacial score (nSPS) is 25.5. The van der Waals surface area contributed by atoms with Crippen LogP contribution in [-0.4, -0.2) is 67.7 Å². The molecule has 2 aliphatic rings. The molecule has 2 atom stereocenters. The number of amides is 1. The molecule has 0 N–H and O–H groups in total. The number of nitrogens with zero attached hydrogens (tertiary/aromatic N) is 2. The Morgan fingerprint density at radius 2 is 2.08 bits per heavy atom. The average molecular weight is 332 g/mol. The van der Waals surface area contributed by atoms with Crippen molar-refractivity contribution in [2.24, 2.45) is 5.92 Å². The van der Waals surface area contributed by atoms with Gasteiger partial charge in [-0.15, -0.1) is 0 Å². The van der Waals surface area contributed by atoms with Gasteiger partial charge in [-0.1, -0.05) is 25.1 Å². The number of likely N-dealkylation sites (N-methyl/N-ethyl adjacent to an activating group) is 1. The van der Waals surface area contributed by atoms with Gasteiger partial charge in [0, 0.05) is 32.1 Å². The molecular weight excluding hydrogens is 304 g/mol. The zero-order valence-electron chi connectivity index (χ0n) is 14.5. The van der Waals surface area contributed by atoms with Crippen LogP contribution in [-0.2, 0) is 9.53 Å². The second kappa shape index (κ2) is 8.49. The highest BCUT2D eigenvalue weighted by Crippen LogP contribution is 2.20. The largest absolute Gasteiger partial charge is 0.493 e. The van der Waals surface area contributed by atoms with E-state index in [0.717, 1.165) is 51.3 Å². The molecule has 1 amide bonds. The zero-order valence-corrected chi connectivity index (χ0v) is 14.5. The van der Waals surface area contributed by atoms with E-state index in [1.165, 1.54) is 0 Å². The topological polar surface area (TPSA) is 42.0 Å². The van der Waals surface area contributed by atoms with Gasteiger partial charge in [-0.05, 0) is 31.5 Å². The molecule has 5 nitrogen and oxygen atoms in total. The Morgan fingerprint density at radius 1 is 1.25 bits per heavy atom. The van der Waals surface area contributed by atoms with Crippen LogP contribution in [0, 0.1) is 5.92 Å². The maximum atomic E-state index is 12.8. The van der Waals surface area contributed by atoms with Crippen molar-refractivity contribution in [2.45, 2.75) is 25.9 Å². The Hall–Kier alpha value is -1.59. The predicted octanol–water partition coefficient (Wildman–Crippen LogP) is 2.02. The van der Waals surface area contributed by atoms with Gasteiger partial charge < -0.3 is 14.4 Å². The first-order valence-electron chi connectivity index (χ1n) is 9.07. The summed E-state index contributed by atoms with van der Waals surface area (Å²) in [5, 5.41) is 0. The molecule has 0 aromatic heterocycles. The smallest absolute Gasteiger partial charge is 0.253 e. The average Bonchev–Trinajstić information content (AvgIpc) is 2.67. The molecule has 24 heavy (non-hydrogen) atoms. The van der Waals surface area contributed by atoms with E-state index in [1.54, 1.807) is 0 Å². The van der Waals surface area contributed by atoms with E-state index in [9.17, 15) is 4.79 Å². The number of carbonyl (C=O) groups excluding carboxylic acids is 1. The Bertz CT molecular complexity index is 523. The number of hydrogen-bond donors (Lipinski definition) is 0. The van der Waals surface area contributed by atoms with Gasteiger partial charge in [0.15, 0.2) is 0 Å². The summed E-state index contributed by atoms with van der Waals surface area (Å²) in [7, 11) is 0. The molecule has 0 spiro atoms. The lowest BCUT2D eigenvalue weighted by atomic mass is 9.98. The lowest BCUT2D eigenvalue weighted by Crippen LogP contribution is -2.53. The number of rotatable bonds is 5. The lowest BCUT2D eigenvalue weighted by Gasteiger charge is -2.37. The summed E-state index contributed by atoms with van der Waals surface area (Å²) in [4.78, 5) is 17.0. The molecule has 0 bridgehead atoms. The van der Waals surface area contributed by atoms with Crippen molar-refractivity contribution < 1.29 is 14.3 Å². The number of morpholine rings is 1. The lowest BCUT2D eigenvalue weighted by molar-refractivity contribution is -0.151. The summed E-state index contributed by atoms with van der Waals surface area (Å²) in [5.74, 6) is 1.45. The van der Waals surface area contributed by atoms with Gasteiger partial charge in [0.05, 0.1) is 13.2 Å². The molecule has 0 aliphatic carbocycles. The van der Waals surface area contributed by atoms with Crippen molar-refractivity contribution in [2.75, 3.05) is 45.9 Å². The van der Waals surface area contributed by atoms with Crippen LogP contribution in [0.1, 0.15) is 19.8 Å². The van der Waals surface area contributed by atoms with Crippen molar-refractivity contribution in [3.63, 3.8) is 0 Å². The minimum absolute atomic E-state index is 0.151. The summed E-state index contributed by atoms with van der Waals surface area (Å²) >= 11 is 0. The molecule has 1 aromatic carbocycles. The highest BCUT2D eigenvalue weighted by atomic mass is 16.5. The molecule has 0 unspecified atom stereocenters. The fourth-order valence-electron chi connectivity index (χ4n) is 3.47. The van der Waals surface area contributed by atoms with Gasteiger partial charge in [0.2, 0.25) is 0 Å². The first-order chi connectivity index (χ1) is 11.8. The predicted molar refractivity (Wildman–Crippen MR) is 93.1 cm³/mol. The van der Waals surface area contributed by atoms with E-state index in [-0.39, 0.29) is 12.0 Å². The third-order valence-electron chi connectivity index (χ3n) is 4.93. The van der Waals surface area contributed by atoms with E-state index in [1.807, 2.05) is 35.2 Å². The third kappa shape index (κ3) is 4.48. The van der Waals surface area contributed by atoms with E-state index >= 15 is 0 Å². The van der Waals surface area contributed by atoms with Crippen LogP contribution in [0.4, 0.5) is 0 Å². The second-order valence-corrected chi connectivity index (χ2v) is 6.67. The second-order valence-electron chi connectivity index (χ2n) is 6.67. The van der Waals surface area contributed by atoms with E-state index in [2.05, 4.69) is 11.8 Å². The van der Waals surface area contributed by atoms with Crippen LogP contribution in [0.5, 0.6) is 5.75 Å². The number of carbonyl (C=O) groups is 1. The van der Waals surface area contributed by atoms with E-state index < -0.39 is 0 Å². The maximum absolute atomic E-state index is 12.8. The Balaban J connectivity index is 1.50. The van der Waals surface area contributed by atoms with Crippen LogP contribution in [0.25, 0.3) is 0 Å². The molecule has 2 aliphatic heterocycles. The molecule has 1 aromatic rings. The van der Waals surface area contributed by atoms with Crippen molar-refractivity contribution >= 4 is 5.91 Å². The molecule has 2 saturated heterocycles. The Kier molecular flexibility index (Phi) is 6.10. The molecule has 3 rings (SSSR count). The zero-order chi connectivity index (χ0) is 16.8. The molecular formula is C19H28N2O3. The van der Waals surface area contributed by atoms with Gasteiger partial charge in [0.1, 0.15) is 11.9 Å². The fraction of sp³-hybridized carbons (Fsp3) is 0.632. The number of hydrogen-bond acceptors (Lipinski definition) is 4. The Labute approximate surface area is 144 Å². The van der Waals surface area contributed by atoms with Gasteiger partial charge in [-0.2, -0.15) is 0 Å². The number of para-hydroxylation sites is 1. The highest BCUT2D eigenvalue weighted by molar-refractivity contribution is 5.81. The highest BCUT2D eigenvalue weighted by Gasteiger charge is 2.32. The molecule has 2 heterocycles. The third-order valence-corrected chi connectivity index (χ3v) is 4.93. The quantitative estimate of drug-likeness (QED) is 0.827. The molecule has 2 fully saturated rings. The van der Waals surface area contributed by atoms with Crippen molar-refractivity contribution in [1.29, 1.82) is 0 Å². The summed E-state index contributed by atoms with van der Waals surface area (Å²) in [6, 6.07) is 9.89. The molecule has 0 radical (unpaired) electrons. The standard InChI is InChI=1S/C19H28N2O3/c1-2-20-11-12-23-18(14-20)19(22)21-10-6-7-16(13-21)15-24-17-8-4-3-5-9-17/h3-5,8-9,16,18H,2,6-7,10-15H2,1H3/t16-,18-/m0/s1. The fourth-order valence-corrected chi connectivity index (χ4v) is 3.47. The van der Waals surface area contributed by atoms with Gasteiger partial charge in [-0.25, -0.2) is 0 Å². The minimum Gasteiger partial charge on any atom is -0.493 e. The van der Waals surface area contributed by atoms with Crippen LogP contribution in [0.3, 0.4) is 0 Å². The minimum atomic E-state index is -0.299. The van der Waals surface area contributed by atoms with Gasteiger partial charge >= 0.3 is 0 Å². The van der Waals surface area contributed by atoms with E-state index in [0.29, 0.717) is 19.1 Å². The maximum Gasteiger partial charge on any atom is 0.253 e. The molecule has 0 saturated carbocycles. The van der Waals surface area contributed by atoms with Crippen molar-refractivity contribution in [3.05, 3.63) is 30.3 Å². The molecule has 5 heteroatoms. The van der Waals surface area contributed by atoms with Gasteiger partial charge in [-0.3, -0.25) is 9.69 Å². The molecule has 132 valence electrons. The summed E-state index contributed by atoms with van der Waals surface area (Å²) in [6.45, 7) is 7.68. The number of benzene rings is 1. The van der Waals surface area contributed by atoms with Crippen molar-refractivity contribution in [3.8, 4) is 5.75 Å². The monoisotopic (exact) mass is 332 g/mol. The van der Waals surface area contributed by atoms with Crippen LogP contribution < -0.4 is 4.74 Å². The van der Waals surface area contributed by atoms with E-state index in [4.69, 9.17) is 9.47 Å². The SMILES string of the molecule is CCN1CCO[C@H](C(=O)N2CCC[C@H](COc3ccccc3)C2)C1. The number of piperidine rings is 1. The van der Waals surface area contributed by atoms with Crippen molar-refractivity contribution in [1.82, 2.24) is 9.80 Å². The summed E-state index contributed by atoms with van der Waals surface area (Å²) in [6.07, 6.45) is 1.86. The van der Waals surface area contributed by atoms with Crippen LogP contribution in [0.2, 0.25) is 0 Å². The first-order valence-corrected chi connectivity index (χ1v) is 9.07. The summed E-state index contributed by atoms with van der Waals surface area (Å²) in [5.41, 5.74) is 0. The Morgan fingerprint density at radius 3 is 2.88 bits per heavy atom. The van der Waals surface area contributed by atoms with Crippen LogP contribution in [0.15, 0.2) is 30.3 Å². The van der Waals surface area contributed by atoms with Gasteiger partial charge in [0.25, 0.3) is 5.91 Å². The first kappa shape index (κ1) is 17.2. The number of likely N-dealkylation sites (tertiary alicyclic amines) is 1.